The molecule has 11 heteroatoms. The summed E-state index contributed by atoms with van der Waals surface area (Å²) in [6, 6.07) is 6.98. The molecule has 0 bridgehead atoms. The lowest BCUT2D eigenvalue weighted by atomic mass is 10.1. The summed E-state index contributed by atoms with van der Waals surface area (Å²) in [7, 11) is 0. The van der Waals surface area contributed by atoms with Crippen LogP contribution in [-0.2, 0) is 4.79 Å². The van der Waals surface area contributed by atoms with Crippen molar-refractivity contribution in [3.63, 3.8) is 0 Å². The number of aliphatic carboxylic acids is 1. The number of tetrazole rings is 1. The Morgan fingerprint density at radius 3 is 2.48 bits per heavy atom. The number of carboxylic acid groups (broad SMARTS) is 1. The molecule has 2 heterocycles. The maximum Gasteiger partial charge on any atom is 0.490 e. The number of phenolic OH excluding ortho intramolecular Hbond substituents is 1. The van der Waals surface area contributed by atoms with Crippen LogP contribution in [0.1, 0.15) is 0 Å². The van der Waals surface area contributed by atoms with Gasteiger partial charge in [0, 0.05) is 17.1 Å². The van der Waals surface area contributed by atoms with Crippen LogP contribution in [0.4, 0.5) is 13.2 Å². The summed E-state index contributed by atoms with van der Waals surface area (Å²) in [6.45, 7) is 0. The minimum Gasteiger partial charge on any atom is -0.506 e. The van der Waals surface area contributed by atoms with E-state index >= 15 is 0 Å². The van der Waals surface area contributed by atoms with Gasteiger partial charge in [-0.2, -0.15) is 18.4 Å². The van der Waals surface area contributed by atoms with Crippen molar-refractivity contribution in [2.45, 2.75) is 6.18 Å². The number of rotatable bonds is 1. The molecule has 120 valence electrons. The Morgan fingerprint density at radius 2 is 1.91 bits per heavy atom. The lowest BCUT2D eigenvalue weighted by Crippen LogP contribution is -2.21. The molecule has 0 amide bonds. The number of benzene rings is 1. The molecule has 0 aliphatic heterocycles. The van der Waals surface area contributed by atoms with Crippen LogP contribution in [0, 0.1) is 0 Å². The molecule has 0 fully saturated rings. The minimum absolute atomic E-state index is 0.142. The molecule has 23 heavy (non-hydrogen) atoms. The van der Waals surface area contributed by atoms with Crippen LogP contribution in [0.5, 0.6) is 5.75 Å². The molecule has 0 aliphatic rings. The zero-order chi connectivity index (χ0) is 17.0. The summed E-state index contributed by atoms with van der Waals surface area (Å²) < 4.78 is 31.7. The summed E-state index contributed by atoms with van der Waals surface area (Å²) >= 11 is 0. The number of carboxylic acids is 1. The predicted molar refractivity (Wildman–Crippen MR) is 70.3 cm³/mol. The number of hydrogen-bond donors (Lipinski definition) is 3. The van der Waals surface area contributed by atoms with Crippen LogP contribution in [0.15, 0.2) is 30.5 Å². The first-order valence-electron chi connectivity index (χ1n) is 5.91. The van der Waals surface area contributed by atoms with Gasteiger partial charge in [0.15, 0.2) is 0 Å². The van der Waals surface area contributed by atoms with E-state index in [4.69, 9.17) is 9.90 Å². The van der Waals surface area contributed by atoms with Crippen molar-refractivity contribution in [2.24, 2.45) is 0 Å². The molecular weight excluding hydrogens is 319 g/mol. The van der Waals surface area contributed by atoms with Gasteiger partial charge in [-0.05, 0) is 17.3 Å². The van der Waals surface area contributed by atoms with E-state index < -0.39 is 12.1 Å². The van der Waals surface area contributed by atoms with Crippen molar-refractivity contribution >= 4 is 16.9 Å². The van der Waals surface area contributed by atoms with E-state index in [9.17, 15) is 18.3 Å². The number of aromatic nitrogens is 5. The number of nitrogens with zero attached hydrogens (tertiary/aromatic N) is 4. The van der Waals surface area contributed by atoms with Crippen LogP contribution in [0.25, 0.3) is 22.3 Å². The number of H-pyrrole nitrogens is 1. The molecule has 8 nitrogen and oxygen atoms in total. The highest BCUT2D eigenvalue weighted by Gasteiger charge is 2.38. The normalized spacial score (nSPS) is 10.9. The number of hydrogen-bond acceptors (Lipinski definition) is 6. The second kappa shape index (κ2) is 6.25. The zero-order valence-corrected chi connectivity index (χ0v) is 11.1. The number of alkyl halides is 3. The monoisotopic (exact) mass is 327 g/mol. The van der Waals surface area contributed by atoms with E-state index in [0.29, 0.717) is 11.3 Å². The van der Waals surface area contributed by atoms with E-state index in [1.54, 1.807) is 24.4 Å². The highest BCUT2D eigenvalue weighted by Crippen LogP contribution is 2.28. The van der Waals surface area contributed by atoms with Crippen LogP contribution in [0.2, 0.25) is 0 Å². The minimum atomic E-state index is -5.08. The molecule has 3 aromatic rings. The first-order valence-corrected chi connectivity index (χ1v) is 5.91. The molecule has 0 unspecified atom stereocenters. The van der Waals surface area contributed by atoms with Crippen LogP contribution >= 0.6 is 0 Å². The third kappa shape index (κ3) is 3.70. The Morgan fingerprint density at radius 1 is 1.22 bits per heavy atom. The average molecular weight is 327 g/mol. The standard InChI is InChI=1S/C10H7N5O.C2HF3O2/c16-8-3-1-2-6-7(4-5-11-9(6)8)10-12-14-15-13-10;3-2(4,5)1(6)7/h1-5,16H,(H,12,13,14,15);(H,6,7). The van der Waals surface area contributed by atoms with Gasteiger partial charge in [0.1, 0.15) is 11.3 Å². The number of pyridine rings is 1. The van der Waals surface area contributed by atoms with Crippen molar-refractivity contribution in [1.29, 1.82) is 0 Å². The zero-order valence-electron chi connectivity index (χ0n) is 11.1. The second-order valence-corrected chi connectivity index (χ2v) is 4.07. The SMILES string of the molecule is O=C(O)C(F)(F)F.Oc1cccc2c(-c3nn[nH]n3)ccnc12. The molecule has 3 rings (SSSR count). The molecule has 0 atom stereocenters. The summed E-state index contributed by atoms with van der Waals surface area (Å²) in [5, 5.41) is 31.3. The summed E-state index contributed by atoms with van der Waals surface area (Å²) in [4.78, 5) is 13.0. The van der Waals surface area contributed by atoms with Gasteiger partial charge in [0.2, 0.25) is 5.82 Å². The molecule has 0 radical (unpaired) electrons. The highest BCUT2D eigenvalue weighted by molar-refractivity contribution is 5.95. The number of phenols is 1. The first-order chi connectivity index (χ1) is 10.8. The average Bonchev–Trinajstić information content (AvgIpc) is 3.01. The lowest BCUT2D eigenvalue weighted by molar-refractivity contribution is -0.192. The van der Waals surface area contributed by atoms with Crippen molar-refractivity contribution in [2.75, 3.05) is 0 Å². The smallest absolute Gasteiger partial charge is 0.490 e. The van der Waals surface area contributed by atoms with Gasteiger partial charge in [-0.25, -0.2) is 4.79 Å². The molecule has 0 saturated carbocycles. The van der Waals surface area contributed by atoms with E-state index in [1.165, 1.54) is 0 Å². The fraction of sp³-hybridized carbons (Fsp3) is 0.0833. The highest BCUT2D eigenvalue weighted by atomic mass is 19.4. The van der Waals surface area contributed by atoms with E-state index in [2.05, 4.69) is 25.6 Å². The number of para-hydroxylation sites is 1. The Kier molecular flexibility index (Phi) is 4.39. The van der Waals surface area contributed by atoms with E-state index in [0.717, 1.165) is 10.9 Å². The number of nitrogens with one attached hydrogen (secondary N) is 1. The summed E-state index contributed by atoms with van der Waals surface area (Å²) in [5.74, 6) is -2.13. The number of halogens is 3. The number of carbonyl (C=O) groups is 1. The molecule has 3 N–H and O–H groups in total. The van der Waals surface area contributed by atoms with Crippen molar-refractivity contribution in [3.8, 4) is 17.1 Å². The van der Waals surface area contributed by atoms with Crippen molar-refractivity contribution in [1.82, 2.24) is 25.6 Å². The Bertz CT molecular complexity index is 820. The lowest BCUT2D eigenvalue weighted by Gasteiger charge is -2.02. The number of aromatic hydroxyl groups is 1. The van der Waals surface area contributed by atoms with Crippen molar-refractivity contribution in [3.05, 3.63) is 30.5 Å². The van der Waals surface area contributed by atoms with Crippen LogP contribution in [-0.4, -0.2) is 48.0 Å². The van der Waals surface area contributed by atoms with Gasteiger partial charge in [-0.3, -0.25) is 4.98 Å². The van der Waals surface area contributed by atoms with Gasteiger partial charge in [-0.1, -0.05) is 12.1 Å². The first kappa shape index (κ1) is 16.1. The van der Waals surface area contributed by atoms with Gasteiger partial charge in [0.05, 0.1) is 0 Å². The summed E-state index contributed by atoms with van der Waals surface area (Å²) in [6.07, 6.45) is -3.48. The molecule has 2 aromatic heterocycles. The second-order valence-electron chi connectivity index (χ2n) is 4.07. The predicted octanol–water partition coefficient (Wildman–Crippen LogP) is 1.75. The Labute approximate surface area is 125 Å². The largest absolute Gasteiger partial charge is 0.506 e. The number of aromatic amines is 1. The van der Waals surface area contributed by atoms with Crippen molar-refractivity contribution < 1.29 is 28.2 Å². The number of fused-ring (bicyclic) bond motifs is 1. The third-order valence-corrected chi connectivity index (χ3v) is 2.58. The molecule has 1 aromatic carbocycles. The molecule has 0 aliphatic carbocycles. The maximum absolute atomic E-state index is 10.6. The summed E-state index contributed by atoms with van der Waals surface area (Å²) in [5.41, 5.74) is 1.32. The Hall–Kier alpha value is -3.24. The van der Waals surface area contributed by atoms with Crippen LogP contribution < -0.4 is 0 Å². The fourth-order valence-electron chi connectivity index (χ4n) is 1.63. The topological polar surface area (TPSA) is 125 Å². The van der Waals surface area contributed by atoms with E-state index in [1.807, 2.05) is 6.07 Å². The maximum atomic E-state index is 10.6. The Balaban J connectivity index is 0.000000236. The van der Waals surface area contributed by atoms with Gasteiger partial charge in [0.25, 0.3) is 0 Å². The molecule has 0 saturated heterocycles. The molecular formula is C12H8F3N5O3. The fourth-order valence-corrected chi connectivity index (χ4v) is 1.63. The van der Waals surface area contributed by atoms with Gasteiger partial charge >= 0.3 is 12.1 Å². The van der Waals surface area contributed by atoms with Gasteiger partial charge in [-0.15, -0.1) is 10.2 Å². The quantitative estimate of drug-likeness (QED) is 0.622. The van der Waals surface area contributed by atoms with Gasteiger partial charge < -0.3 is 10.2 Å². The van der Waals surface area contributed by atoms with Crippen LogP contribution in [0.3, 0.4) is 0 Å². The third-order valence-electron chi connectivity index (χ3n) is 2.58. The molecule has 0 spiro atoms. The van der Waals surface area contributed by atoms with E-state index in [-0.39, 0.29) is 5.75 Å².